The number of nitrogens with one attached hydrogen (secondary N) is 2. The van der Waals surface area contributed by atoms with E-state index in [0.29, 0.717) is 0 Å². The molecule has 9 nitrogen and oxygen atoms in total. The van der Waals surface area contributed by atoms with Crippen LogP contribution in [0, 0.1) is 0 Å². The van der Waals surface area contributed by atoms with E-state index >= 15 is 0 Å². The molecule has 3 aromatic rings. The Kier molecular flexibility index (Phi) is 9.78. The van der Waals surface area contributed by atoms with Gasteiger partial charge in [0.1, 0.15) is 17.2 Å². The first kappa shape index (κ1) is 26.9. The quantitative estimate of drug-likeness (QED) is 0.249. The normalized spacial score (nSPS) is 12.0. The minimum absolute atomic E-state index is 0.258. The molecule has 3 rings (SSSR count). The van der Waals surface area contributed by atoms with Gasteiger partial charge in [-0.1, -0.05) is 0 Å². The molecule has 0 unspecified atom stereocenters. The molecule has 0 aliphatic heterocycles. The molecule has 0 radical (unpaired) electrons. The fraction of sp³-hybridized carbons (Fsp3) is 0.214. The first-order valence-electron chi connectivity index (χ1n) is 11.6. The van der Waals surface area contributed by atoms with Crippen molar-refractivity contribution in [3.05, 3.63) is 89.5 Å². The van der Waals surface area contributed by atoms with Gasteiger partial charge in [0.15, 0.2) is 0 Å². The van der Waals surface area contributed by atoms with Crippen molar-refractivity contribution >= 4 is 23.1 Å². The highest BCUT2D eigenvalue weighted by molar-refractivity contribution is 6.01. The molecule has 2 N–H and O–H groups in total. The summed E-state index contributed by atoms with van der Waals surface area (Å²) in [6.45, 7) is 5.66. The second-order valence-corrected chi connectivity index (χ2v) is 7.94. The molecule has 9 heteroatoms. The number of ether oxygens (including phenoxy) is 3. The Bertz CT molecular complexity index is 1210. The molecule has 0 bridgehead atoms. The zero-order chi connectivity index (χ0) is 26.6. The Labute approximate surface area is 217 Å². The van der Waals surface area contributed by atoms with Crippen molar-refractivity contribution in [2.75, 3.05) is 21.3 Å². The number of benzene rings is 3. The molecule has 0 fully saturated rings. The Balaban J connectivity index is 1.83. The number of hydrogen-bond acceptors (Lipinski definition) is 7. The van der Waals surface area contributed by atoms with E-state index in [0.717, 1.165) is 51.1 Å². The molecule has 0 spiro atoms. The molecule has 0 atom stereocenters. The number of hydrogen-bond donors (Lipinski definition) is 2. The van der Waals surface area contributed by atoms with Gasteiger partial charge in [-0.3, -0.25) is 0 Å². The monoisotopic (exact) mass is 500 g/mol. The van der Waals surface area contributed by atoms with Gasteiger partial charge in [0.2, 0.25) is 0 Å². The second kappa shape index (κ2) is 13.4. The Morgan fingerprint density at radius 2 is 0.811 bits per heavy atom. The fourth-order valence-electron chi connectivity index (χ4n) is 3.15. The summed E-state index contributed by atoms with van der Waals surface area (Å²) >= 11 is 0. The van der Waals surface area contributed by atoms with Crippen LogP contribution in [0.15, 0.2) is 93.2 Å². The van der Waals surface area contributed by atoms with Gasteiger partial charge in [0.05, 0.1) is 38.5 Å². The van der Waals surface area contributed by atoms with E-state index in [1.165, 1.54) is 0 Å². The highest BCUT2D eigenvalue weighted by Crippen LogP contribution is 2.14. The lowest BCUT2D eigenvalue weighted by atomic mass is 10.1. The third-order valence-electron chi connectivity index (χ3n) is 5.48. The van der Waals surface area contributed by atoms with Crippen molar-refractivity contribution in [3.63, 3.8) is 0 Å². The van der Waals surface area contributed by atoms with Gasteiger partial charge >= 0.3 is 0 Å². The molecule has 0 heterocycles. The third-order valence-corrected chi connectivity index (χ3v) is 5.48. The molecular weight excluding hydrogens is 468 g/mol. The highest BCUT2D eigenvalue weighted by Gasteiger charge is 2.04. The average molecular weight is 501 g/mol. The van der Waals surface area contributed by atoms with Gasteiger partial charge < -0.3 is 14.2 Å². The van der Waals surface area contributed by atoms with E-state index in [-0.39, 0.29) is 5.96 Å². The summed E-state index contributed by atoms with van der Waals surface area (Å²) in [6, 6.07) is 22.9. The van der Waals surface area contributed by atoms with Crippen LogP contribution in [0.5, 0.6) is 17.2 Å². The minimum atomic E-state index is 0.258. The smallest absolute Gasteiger partial charge is 0.257 e. The molecule has 0 amide bonds. The summed E-state index contributed by atoms with van der Waals surface area (Å²) in [5, 5.41) is 17.6. The lowest BCUT2D eigenvalue weighted by Gasteiger charge is -2.08. The predicted molar refractivity (Wildman–Crippen MR) is 149 cm³/mol. The zero-order valence-electron chi connectivity index (χ0n) is 21.9. The van der Waals surface area contributed by atoms with Gasteiger partial charge in [0, 0.05) is 0 Å². The van der Waals surface area contributed by atoms with E-state index in [2.05, 4.69) is 31.3 Å². The number of guanidine groups is 1. The Hall–Kier alpha value is -4.66. The van der Waals surface area contributed by atoms with Crippen molar-refractivity contribution in [2.24, 2.45) is 20.4 Å². The maximum atomic E-state index is 5.23. The van der Waals surface area contributed by atoms with Gasteiger partial charge in [-0.15, -0.1) is 5.10 Å². The molecule has 37 heavy (non-hydrogen) atoms. The van der Waals surface area contributed by atoms with Crippen LogP contribution in [0.4, 0.5) is 0 Å². The van der Waals surface area contributed by atoms with E-state index < -0.39 is 0 Å². The van der Waals surface area contributed by atoms with Crippen molar-refractivity contribution in [1.29, 1.82) is 0 Å². The van der Waals surface area contributed by atoms with Crippen LogP contribution in [0.25, 0.3) is 0 Å². The van der Waals surface area contributed by atoms with Crippen LogP contribution in [-0.2, 0) is 0 Å². The number of hydrazone groups is 2. The minimum Gasteiger partial charge on any atom is -0.497 e. The summed E-state index contributed by atoms with van der Waals surface area (Å²) in [5.41, 5.74) is 10.9. The largest absolute Gasteiger partial charge is 0.497 e. The van der Waals surface area contributed by atoms with Crippen LogP contribution in [0.1, 0.15) is 37.5 Å². The Morgan fingerprint density at radius 3 is 1.14 bits per heavy atom. The van der Waals surface area contributed by atoms with E-state index in [9.17, 15) is 0 Å². The number of nitrogens with zero attached hydrogens (tertiary/aromatic N) is 4. The van der Waals surface area contributed by atoms with Crippen LogP contribution in [0.3, 0.4) is 0 Å². The van der Waals surface area contributed by atoms with E-state index in [1.807, 2.05) is 93.6 Å². The van der Waals surface area contributed by atoms with Crippen molar-refractivity contribution in [1.82, 2.24) is 10.9 Å². The number of rotatable bonds is 9. The summed E-state index contributed by atoms with van der Waals surface area (Å²) in [5.74, 6) is 2.59. The summed E-state index contributed by atoms with van der Waals surface area (Å²) in [6.07, 6.45) is 0. The lowest BCUT2D eigenvalue weighted by molar-refractivity contribution is 0.414. The molecule has 0 aliphatic rings. The topological polar surface area (TPSA) is 101 Å². The maximum absolute atomic E-state index is 5.23. The first-order chi connectivity index (χ1) is 17.9. The average Bonchev–Trinajstić information content (AvgIpc) is 2.96. The van der Waals surface area contributed by atoms with Gasteiger partial charge in [-0.2, -0.15) is 15.3 Å². The van der Waals surface area contributed by atoms with Crippen molar-refractivity contribution < 1.29 is 14.2 Å². The summed E-state index contributed by atoms with van der Waals surface area (Å²) in [7, 11) is 4.90. The number of methoxy groups -OCH3 is 3. The molecule has 0 saturated carbocycles. The molecule has 0 saturated heterocycles. The van der Waals surface area contributed by atoms with Gasteiger partial charge in [-0.25, -0.2) is 10.9 Å². The second-order valence-electron chi connectivity index (χ2n) is 7.94. The molecular formula is C28H32N6O3. The van der Waals surface area contributed by atoms with E-state index in [1.54, 1.807) is 21.3 Å². The van der Waals surface area contributed by atoms with Crippen LogP contribution in [0.2, 0.25) is 0 Å². The van der Waals surface area contributed by atoms with Gasteiger partial charge in [-0.05, 0) is 110 Å². The predicted octanol–water partition coefficient (Wildman–Crippen LogP) is 4.82. The lowest BCUT2D eigenvalue weighted by Crippen LogP contribution is -2.32. The SMILES string of the molecule is COc1ccc(/C(C)=N\N=C(N/N=C(/C)c2ccc(OC)cc2)N/N=C(/C)c2ccc(OC)cc2)cc1. The van der Waals surface area contributed by atoms with Crippen LogP contribution in [-0.4, -0.2) is 44.4 Å². The molecule has 0 aromatic heterocycles. The fourth-order valence-corrected chi connectivity index (χ4v) is 3.15. The van der Waals surface area contributed by atoms with Crippen molar-refractivity contribution in [3.8, 4) is 17.2 Å². The van der Waals surface area contributed by atoms with Crippen LogP contribution >= 0.6 is 0 Å². The Morgan fingerprint density at radius 1 is 0.486 bits per heavy atom. The molecule has 3 aromatic carbocycles. The van der Waals surface area contributed by atoms with Crippen molar-refractivity contribution in [2.45, 2.75) is 20.8 Å². The van der Waals surface area contributed by atoms with Gasteiger partial charge in [0.25, 0.3) is 5.96 Å². The molecule has 192 valence electrons. The maximum Gasteiger partial charge on any atom is 0.257 e. The zero-order valence-corrected chi connectivity index (χ0v) is 21.9. The first-order valence-corrected chi connectivity index (χ1v) is 11.6. The standard InChI is InChI=1S/C28H32N6O3/c1-19(22-7-13-25(35-4)14-8-22)29-32-28(33-30-20(2)23-9-15-26(36-5)16-10-23)34-31-21(3)24-11-17-27(37-6)18-12-24/h7-18H,1-6H3,(H2,32,33,34)/b29-19-,30-20-,31-21-. The van der Waals surface area contributed by atoms with Crippen LogP contribution < -0.4 is 25.1 Å². The highest BCUT2D eigenvalue weighted by atomic mass is 16.5. The molecule has 0 aliphatic carbocycles. The summed E-state index contributed by atoms with van der Waals surface area (Å²) < 4.78 is 15.7. The summed E-state index contributed by atoms with van der Waals surface area (Å²) in [4.78, 5) is 0. The third kappa shape index (κ3) is 7.93. The van der Waals surface area contributed by atoms with E-state index in [4.69, 9.17) is 14.2 Å².